The van der Waals surface area contributed by atoms with Gasteiger partial charge in [-0.25, -0.2) is 0 Å². The quantitative estimate of drug-likeness (QED) is 0.757. The standard InChI is InChI=1S/C20H21ClN2O3/c21-18-8-6-17(7-9-18)20(25)23-12-10-22(11-13-23)14-19(24)26-15-16-4-2-1-3-5-16/h1-9H,10-15H2. The molecule has 1 amide bonds. The Balaban J connectivity index is 1.42. The lowest BCUT2D eigenvalue weighted by atomic mass is 10.2. The van der Waals surface area contributed by atoms with Gasteiger partial charge in [0.15, 0.2) is 0 Å². The summed E-state index contributed by atoms with van der Waals surface area (Å²) in [6.07, 6.45) is 0. The van der Waals surface area contributed by atoms with Crippen LogP contribution in [0.2, 0.25) is 5.02 Å². The second-order valence-electron chi connectivity index (χ2n) is 6.22. The van der Waals surface area contributed by atoms with Gasteiger partial charge in [-0.2, -0.15) is 0 Å². The minimum absolute atomic E-state index is 0.00651. The van der Waals surface area contributed by atoms with Crippen molar-refractivity contribution in [2.75, 3.05) is 32.7 Å². The summed E-state index contributed by atoms with van der Waals surface area (Å²) in [6, 6.07) is 16.5. The van der Waals surface area contributed by atoms with Crippen molar-refractivity contribution in [3.8, 4) is 0 Å². The Bertz CT molecular complexity index is 741. The predicted octanol–water partition coefficient (Wildman–Crippen LogP) is 2.84. The van der Waals surface area contributed by atoms with Crippen LogP contribution in [0.25, 0.3) is 0 Å². The Morgan fingerprint density at radius 2 is 1.58 bits per heavy atom. The van der Waals surface area contributed by atoms with Crippen LogP contribution in [0.3, 0.4) is 0 Å². The summed E-state index contributed by atoms with van der Waals surface area (Å²) in [5.74, 6) is -0.251. The van der Waals surface area contributed by atoms with E-state index in [9.17, 15) is 9.59 Å². The molecule has 0 bridgehead atoms. The minimum atomic E-state index is -0.244. The highest BCUT2D eigenvalue weighted by molar-refractivity contribution is 6.30. The van der Waals surface area contributed by atoms with Crippen LogP contribution < -0.4 is 0 Å². The van der Waals surface area contributed by atoms with Crippen LogP contribution in [0.5, 0.6) is 0 Å². The first-order chi connectivity index (χ1) is 12.6. The van der Waals surface area contributed by atoms with Crippen molar-refractivity contribution in [2.45, 2.75) is 6.61 Å². The number of halogens is 1. The molecule has 5 nitrogen and oxygen atoms in total. The number of carbonyl (C=O) groups is 2. The summed E-state index contributed by atoms with van der Waals surface area (Å²) in [5, 5.41) is 0.611. The number of nitrogens with zero attached hydrogens (tertiary/aromatic N) is 2. The molecule has 0 spiro atoms. The van der Waals surface area contributed by atoms with Gasteiger partial charge in [-0.1, -0.05) is 41.9 Å². The van der Waals surface area contributed by atoms with Crippen molar-refractivity contribution in [2.24, 2.45) is 0 Å². The lowest BCUT2D eigenvalue weighted by molar-refractivity contribution is -0.146. The number of hydrogen-bond acceptors (Lipinski definition) is 4. The predicted molar refractivity (Wildman–Crippen MR) is 100 cm³/mol. The van der Waals surface area contributed by atoms with E-state index in [4.69, 9.17) is 16.3 Å². The zero-order valence-corrected chi connectivity index (χ0v) is 15.2. The van der Waals surface area contributed by atoms with Crippen LogP contribution in [0.4, 0.5) is 0 Å². The molecule has 2 aromatic rings. The van der Waals surface area contributed by atoms with Gasteiger partial charge >= 0.3 is 5.97 Å². The largest absolute Gasteiger partial charge is 0.460 e. The Labute approximate surface area is 158 Å². The van der Waals surface area contributed by atoms with Gasteiger partial charge < -0.3 is 9.64 Å². The van der Waals surface area contributed by atoms with E-state index in [1.807, 2.05) is 35.2 Å². The van der Waals surface area contributed by atoms with Crippen molar-refractivity contribution in [3.05, 3.63) is 70.7 Å². The minimum Gasteiger partial charge on any atom is -0.460 e. The van der Waals surface area contributed by atoms with Crippen LogP contribution in [0.15, 0.2) is 54.6 Å². The van der Waals surface area contributed by atoms with Gasteiger partial charge in [-0.05, 0) is 29.8 Å². The first-order valence-corrected chi connectivity index (χ1v) is 8.96. The monoisotopic (exact) mass is 372 g/mol. The number of amides is 1. The fourth-order valence-electron chi connectivity index (χ4n) is 2.85. The second-order valence-corrected chi connectivity index (χ2v) is 6.66. The number of piperazine rings is 1. The third kappa shape index (κ3) is 5.07. The number of hydrogen-bond donors (Lipinski definition) is 0. The zero-order chi connectivity index (χ0) is 18.4. The Morgan fingerprint density at radius 3 is 2.23 bits per heavy atom. The number of ether oxygens (including phenoxy) is 1. The zero-order valence-electron chi connectivity index (χ0n) is 14.4. The molecular formula is C20H21ClN2O3. The Kier molecular flexibility index (Phi) is 6.26. The number of esters is 1. The summed E-state index contributed by atoms with van der Waals surface area (Å²) < 4.78 is 5.31. The van der Waals surface area contributed by atoms with Crippen LogP contribution in [0.1, 0.15) is 15.9 Å². The van der Waals surface area contributed by atoms with E-state index in [-0.39, 0.29) is 25.0 Å². The normalized spacial score (nSPS) is 14.9. The highest BCUT2D eigenvalue weighted by Gasteiger charge is 2.23. The topological polar surface area (TPSA) is 49.9 Å². The summed E-state index contributed by atoms with van der Waals surface area (Å²) in [4.78, 5) is 28.3. The van der Waals surface area contributed by atoms with E-state index in [0.717, 1.165) is 5.56 Å². The third-order valence-corrected chi connectivity index (χ3v) is 4.60. The van der Waals surface area contributed by atoms with E-state index < -0.39 is 0 Å². The molecule has 2 aromatic carbocycles. The van der Waals surface area contributed by atoms with Crippen LogP contribution in [-0.2, 0) is 16.1 Å². The van der Waals surface area contributed by atoms with Crippen LogP contribution >= 0.6 is 11.6 Å². The van der Waals surface area contributed by atoms with Gasteiger partial charge in [0.25, 0.3) is 5.91 Å². The molecule has 0 aromatic heterocycles. The molecule has 1 aliphatic rings. The summed E-state index contributed by atoms with van der Waals surface area (Å²) >= 11 is 5.86. The van der Waals surface area contributed by atoms with E-state index in [2.05, 4.69) is 0 Å². The molecule has 3 rings (SSSR count). The van der Waals surface area contributed by atoms with Gasteiger partial charge in [0, 0.05) is 36.8 Å². The molecule has 0 N–H and O–H groups in total. The molecule has 0 aliphatic carbocycles. The molecule has 6 heteroatoms. The maximum Gasteiger partial charge on any atom is 0.320 e. The van der Waals surface area contributed by atoms with E-state index in [1.54, 1.807) is 29.2 Å². The molecule has 26 heavy (non-hydrogen) atoms. The highest BCUT2D eigenvalue weighted by Crippen LogP contribution is 2.13. The molecule has 1 heterocycles. The van der Waals surface area contributed by atoms with Gasteiger partial charge in [-0.3, -0.25) is 14.5 Å². The molecule has 0 radical (unpaired) electrons. The first-order valence-electron chi connectivity index (χ1n) is 8.58. The van der Waals surface area contributed by atoms with E-state index in [0.29, 0.717) is 36.8 Å². The molecule has 0 atom stereocenters. The van der Waals surface area contributed by atoms with Crippen LogP contribution in [0, 0.1) is 0 Å². The molecule has 136 valence electrons. The molecule has 1 saturated heterocycles. The lowest BCUT2D eigenvalue weighted by Gasteiger charge is -2.34. The smallest absolute Gasteiger partial charge is 0.320 e. The number of benzene rings is 2. The SMILES string of the molecule is O=C(CN1CCN(C(=O)c2ccc(Cl)cc2)CC1)OCc1ccccc1. The second kappa shape index (κ2) is 8.83. The van der Waals surface area contributed by atoms with Crippen LogP contribution in [-0.4, -0.2) is 54.4 Å². The lowest BCUT2D eigenvalue weighted by Crippen LogP contribution is -2.50. The molecule has 1 fully saturated rings. The first kappa shape index (κ1) is 18.4. The average Bonchev–Trinajstić information content (AvgIpc) is 2.68. The van der Waals surface area contributed by atoms with Gasteiger partial charge in [0.1, 0.15) is 6.61 Å². The van der Waals surface area contributed by atoms with Crippen molar-refractivity contribution in [3.63, 3.8) is 0 Å². The fourth-order valence-corrected chi connectivity index (χ4v) is 2.98. The van der Waals surface area contributed by atoms with E-state index in [1.165, 1.54) is 0 Å². The maximum absolute atomic E-state index is 12.5. The average molecular weight is 373 g/mol. The Hall–Kier alpha value is -2.37. The van der Waals surface area contributed by atoms with Crippen molar-refractivity contribution >= 4 is 23.5 Å². The number of carbonyl (C=O) groups excluding carboxylic acids is 2. The third-order valence-electron chi connectivity index (χ3n) is 4.35. The van der Waals surface area contributed by atoms with E-state index >= 15 is 0 Å². The number of rotatable bonds is 5. The molecule has 1 aliphatic heterocycles. The van der Waals surface area contributed by atoms with Crippen molar-refractivity contribution < 1.29 is 14.3 Å². The van der Waals surface area contributed by atoms with Crippen molar-refractivity contribution in [1.29, 1.82) is 0 Å². The summed E-state index contributed by atoms with van der Waals surface area (Å²) in [6.45, 7) is 3.02. The molecule has 0 unspecified atom stereocenters. The fraction of sp³-hybridized carbons (Fsp3) is 0.300. The molecule has 0 saturated carbocycles. The van der Waals surface area contributed by atoms with Crippen molar-refractivity contribution in [1.82, 2.24) is 9.80 Å². The highest BCUT2D eigenvalue weighted by atomic mass is 35.5. The molecular weight excluding hydrogens is 352 g/mol. The van der Waals surface area contributed by atoms with Gasteiger partial charge in [-0.15, -0.1) is 0 Å². The van der Waals surface area contributed by atoms with Gasteiger partial charge in [0.05, 0.1) is 6.54 Å². The van der Waals surface area contributed by atoms with Gasteiger partial charge in [0.2, 0.25) is 0 Å². The maximum atomic E-state index is 12.5. The summed E-state index contributed by atoms with van der Waals surface area (Å²) in [5.41, 5.74) is 1.60. The Morgan fingerprint density at radius 1 is 0.923 bits per heavy atom. The summed E-state index contributed by atoms with van der Waals surface area (Å²) in [7, 11) is 0.